The van der Waals surface area contributed by atoms with Crippen molar-refractivity contribution in [1.29, 1.82) is 0 Å². The highest BCUT2D eigenvalue weighted by Gasteiger charge is 2.40. The number of ether oxygens (including phenoxy) is 2. The summed E-state index contributed by atoms with van der Waals surface area (Å²) in [6.07, 6.45) is 2.85. The lowest BCUT2D eigenvalue weighted by Gasteiger charge is -2.40. The van der Waals surface area contributed by atoms with E-state index < -0.39 is 8.32 Å². The van der Waals surface area contributed by atoms with E-state index in [4.69, 9.17) is 30.5 Å². The van der Waals surface area contributed by atoms with E-state index in [-0.39, 0.29) is 16.6 Å². The van der Waals surface area contributed by atoms with Crippen LogP contribution in [0, 0.1) is 12.3 Å². The summed E-state index contributed by atoms with van der Waals surface area (Å²) < 4.78 is 18.6. The molecule has 0 radical (unpaired) electrons. The topological polar surface area (TPSA) is 65.5 Å². The maximum atomic E-state index is 6.79. The number of benzene rings is 1. The Balaban J connectivity index is 1.78. The van der Waals surface area contributed by atoms with E-state index >= 15 is 0 Å². The lowest BCUT2D eigenvalue weighted by molar-refractivity contribution is 0.0789. The highest BCUT2D eigenvalue weighted by molar-refractivity contribution is 6.74. The van der Waals surface area contributed by atoms with Crippen molar-refractivity contribution < 1.29 is 13.9 Å². The zero-order chi connectivity index (χ0) is 27.4. The monoisotopic (exact) mass is 547 g/mol. The average molecular weight is 548 g/mol. The lowest BCUT2D eigenvalue weighted by Crippen LogP contribution is -2.46. The van der Waals surface area contributed by atoms with Crippen LogP contribution in [0.3, 0.4) is 0 Å². The molecule has 2 aromatic rings. The van der Waals surface area contributed by atoms with Gasteiger partial charge in [0.05, 0.1) is 6.10 Å². The molecule has 0 spiro atoms. The highest BCUT2D eigenvalue weighted by atomic mass is 35.5. The average Bonchev–Trinajstić information content (AvgIpc) is 2.79. The number of rotatable bonds is 9. The summed E-state index contributed by atoms with van der Waals surface area (Å²) >= 11 is 6.53. The molecular weight excluding hydrogens is 502 g/mol. The van der Waals surface area contributed by atoms with Gasteiger partial charge in [-0.3, -0.25) is 0 Å². The van der Waals surface area contributed by atoms with Crippen LogP contribution in [-0.2, 0) is 9.16 Å². The van der Waals surface area contributed by atoms with Gasteiger partial charge in [0.25, 0.3) is 0 Å². The van der Waals surface area contributed by atoms with E-state index in [0.29, 0.717) is 23.6 Å². The fraction of sp³-hybridized carbons (Fsp3) is 0.655. The second kappa shape index (κ2) is 12.0. The third-order valence-electron chi connectivity index (χ3n) is 7.28. The molecule has 0 bridgehead atoms. The van der Waals surface area contributed by atoms with E-state index in [9.17, 15) is 0 Å². The van der Waals surface area contributed by atoms with Crippen LogP contribution in [-0.4, -0.2) is 50.3 Å². The molecule has 0 aliphatic carbocycles. The van der Waals surface area contributed by atoms with E-state index in [1.807, 2.05) is 31.2 Å². The maximum absolute atomic E-state index is 6.79. The molecule has 1 saturated heterocycles. The molecular formula is C29H46ClN3O3Si. The molecule has 1 aromatic heterocycles. The Morgan fingerprint density at radius 3 is 2.41 bits per heavy atom. The highest BCUT2D eigenvalue weighted by Crippen LogP contribution is 2.39. The SMILES string of the molecule is Cc1c(Cl)nc(-c2cccc(OCC(CC(C)(C)C)O[Si](C)(C)C(C)(C)C)c2)nc1NC1CCOCC1. The van der Waals surface area contributed by atoms with Gasteiger partial charge in [0, 0.05) is 30.4 Å². The largest absolute Gasteiger partial charge is 0.491 e. The zero-order valence-electron chi connectivity index (χ0n) is 24.2. The van der Waals surface area contributed by atoms with Crippen LogP contribution < -0.4 is 10.1 Å². The van der Waals surface area contributed by atoms with E-state index in [1.54, 1.807) is 0 Å². The van der Waals surface area contributed by atoms with Crippen LogP contribution in [0.25, 0.3) is 11.4 Å². The van der Waals surface area contributed by atoms with Crippen LogP contribution >= 0.6 is 11.6 Å². The summed E-state index contributed by atoms with van der Waals surface area (Å²) in [6, 6.07) is 8.24. The fourth-order valence-electron chi connectivity index (χ4n) is 4.12. The first-order valence-corrected chi connectivity index (χ1v) is 16.7. The number of anilines is 1. The lowest BCUT2D eigenvalue weighted by atomic mass is 9.89. The molecule has 1 aromatic carbocycles. The summed E-state index contributed by atoms with van der Waals surface area (Å²) in [7, 11) is -1.94. The molecule has 2 heterocycles. The third kappa shape index (κ3) is 8.67. The van der Waals surface area contributed by atoms with Gasteiger partial charge in [-0.2, -0.15) is 0 Å². The van der Waals surface area contributed by atoms with Gasteiger partial charge < -0.3 is 19.2 Å². The quantitative estimate of drug-likeness (QED) is 0.254. The van der Waals surface area contributed by atoms with Crippen molar-refractivity contribution in [2.45, 2.75) is 98.0 Å². The molecule has 206 valence electrons. The molecule has 1 N–H and O–H groups in total. The Labute approximate surface area is 230 Å². The van der Waals surface area contributed by atoms with E-state index in [0.717, 1.165) is 55.2 Å². The van der Waals surface area contributed by atoms with E-state index in [1.165, 1.54) is 0 Å². The number of aromatic nitrogens is 2. The molecule has 37 heavy (non-hydrogen) atoms. The Morgan fingerprint density at radius 1 is 1.11 bits per heavy atom. The van der Waals surface area contributed by atoms with Gasteiger partial charge in [-0.25, -0.2) is 9.97 Å². The number of nitrogens with zero attached hydrogens (tertiary/aromatic N) is 2. The predicted molar refractivity (Wildman–Crippen MR) is 156 cm³/mol. The number of hydrogen-bond donors (Lipinski definition) is 1. The van der Waals surface area contributed by atoms with Crippen LogP contribution in [0.1, 0.15) is 66.4 Å². The standard InChI is InChI=1S/C29H46ClN3O3Si/c1-20-25(30)32-27(33-26(20)31-22-13-15-34-16-14-22)21-11-10-12-23(17-21)35-19-24(18-28(2,3)4)36-37(8,9)29(5,6)7/h10-12,17,22,24H,13-16,18-19H2,1-9H3,(H,31,32,33). The van der Waals surface area contributed by atoms with Gasteiger partial charge in [-0.1, -0.05) is 65.3 Å². The van der Waals surface area contributed by atoms with Gasteiger partial charge in [-0.15, -0.1) is 0 Å². The predicted octanol–water partition coefficient (Wildman–Crippen LogP) is 7.90. The summed E-state index contributed by atoms with van der Waals surface area (Å²) in [4.78, 5) is 9.41. The molecule has 1 aliphatic heterocycles. The first-order chi connectivity index (χ1) is 17.1. The zero-order valence-corrected chi connectivity index (χ0v) is 26.0. The van der Waals surface area contributed by atoms with Crippen LogP contribution in [0.4, 0.5) is 5.82 Å². The van der Waals surface area contributed by atoms with Crippen molar-refractivity contribution in [3.05, 3.63) is 35.0 Å². The molecule has 3 rings (SSSR count). The number of halogens is 1. The van der Waals surface area contributed by atoms with Crippen LogP contribution in [0.15, 0.2) is 24.3 Å². The minimum atomic E-state index is -1.94. The summed E-state index contributed by atoms with van der Waals surface area (Å²) in [6.45, 7) is 22.1. The molecule has 6 nitrogen and oxygen atoms in total. The number of hydrogen-bond acceptors (Lipinski definition) is 6. The minimum absolute atomic E-state index is 0.0184. The Kier molecular flexibility index (Phi) is 9.70. The van der Waals surface area contributed by atoms with E-state index in [2.05, 4.69) is 64.9 Å². The maximum Gasteiger partial charge on any atom is 0.192 e. The van der Waals surface area contributed by atoms with Gasteiger partial charge in [-0.05, 0) is 61.9 Å². The van der Waals surface area contributed by atoms with Gasteiger partial charge >= 0.3 is 0 Å². The summed E-state index contributed by atoms with van der Waals surface area (Å²) in [5.74, 6) is 2.13. The molecule has 0 saturated carbocycles. The summed E-state index contributed by atoms with van der Waals surface area (Å²) in [5.41, 5.74) is 1.86. The third-order valence-corrected chi connectivity index (χ3v) is 12.2. The second-order valence-electron chi connectivity index (χ2n) is 12.9. The normalized spacial score (nSPS) is 16.5. The van der Waals surface area contributed by atoms with Gasteiger partial charge in [0.15, 0.2) is 14.1 Å². The Morgan fingerprint density at radius 2 is 1.78 bits per heavy atom. The summed E-state index contributed by atoms with van der Waals surface area (Å²) in [5, 5.41) is 4.15. The Hall–Kier alpha value is -1.67. The molecule has 8 heteroatoms. The molecule has 1 atom stereocenters. The molecule has 1 fully saturated rings. The van der Waals surface area contributed by atoms with Crippen molar-refractivity contribution in [2.75, 3.05) is 25.1 Å². The van der Waals surface area contributed by atoms with Crippen molar-refractivity contribution in [3.8, 4) is 17.1 Å². The van der Waals surface area contributed by atoms with Crippen molar-refractivity contribution in [1.82, 2.24) is 9.97 Å². The first kappa shape index (κ1) is 29.9. The van der Waals surface area contributed by atoms with Gasteiger partial charge in [0.2, 0.25) is 0 Å². The van der Waals surface area contributed by atoms with Crippen LogP contribution in [0.2, 0.25) is 23.3 Å². The molecule has 0 amide bonds. The molecule has 1 aliphatic rings. The fourth-order valence-corrected chi connectivity index (χ4v) is 5.63. The minimum Gasteiger partial charge on any atom is -0.491 e. The first-order valence-electron chi connectivity index (χ1n) is 13.4. The van der Waals surface area contributed by atoms with Crippen LogP contribution in [0.5, 0.6) is 5.75 Å². The Bertz CT molecular complexity index is 1040. The smallest absolute Gasteiger partial charge is 0.192 e. The number of nitrogens with one attached hydrogen (secondary N) is 1. The van der Waals surface area contributed by atoms with Crippen molar-refractivity contribution >= 4 is 25.7 Å². The second-order valence-corrected chi connectivity index (χ2v) is 18.1. The van der Waals surface area contributed by atoms with Gasteiger partial charge in [0.1, 0.15) is 23.3 Å². The molecule has 1 unspecified atom stereocenters. The van der Waals surface area contributed by atoms with Crippen molar-refractivity contribution in [2.24, 2.45) is 5.41 Å². The van der Waals surface area contributed by atoms with Crippen molar-refractivity contribution in [3.63, 3.8) is 0 Å².